The predicted molar refractivity (Wildman–Crippen MR) is 80.6 cm³/mol. The van der Waals surface area contributed by atoms with Gasteiger partial charge < -0.3 is 4.74 Å². The fourth-order valence-electron chi connectivity index (χ4n) is 4.51. The van der Waals surface area contributed by atoms with Crippen molar-refractivity contribution in [1.29, 1.82) is 0 Å². The first-order chi connectivity index (χ1) is 10.4. The maximum atomic E-state index is 6.59. The van der Waals surface area contributed by atoms with Gasteiger partial charge in [0, 0.05) is 0 Å². The summed E-state index contributed by atoms with van der Waals surface area (Å²) in [6, 6.07) is 22.1. The van der Waals surface area contributed by atoms with Gasteiger partial charge in [0.05, 0.1) is 12.1 Å². The first-order valence-corrected chi connectivity index (χ1v) is 7.70. The molecule has 2 bridgehead atoms. The molecule has 106 valence electrons. The zero-order chi connectivity index (χ0) is 13.9. The largest absolute Gasteiger partial charge is 0.349 e. The normalized spacial score (nSPS) is 35.2. The van der Waals surface area contributed by atoms with E-state index in [-0.39, 0.29) is 11.2 Å². The van der Waals surface area contributed by atoms with Crippen LogP contribution in [-0.4, -0.2) is 17.7 Å². The van der Waals surface area contributed by atoms with E-state index in [1.54, 1.807) is 0 Å². The monoisotopic (exact) mass is 278 g/mol. The van der Waals surface area contributed by atoms with Crippen LogP contribution in [0.25, 0.3) is 0 Å². The molecule has 3 fully saturated rings. The third-order valence-corrected chi connectivity index (χ3v) is 5.40. The molecule has 2 N–H and O–H groups in total. The summed E-state index contributed by atoms with van der Waals surface area (Å²) in [6.45, 7) is 0. The Kier molecular flexibility index (Phi) is 2.24. The predicted octanol–water partition coefficient (Wildman–Crippen LogP) is 2.34. The van der Waals surface area contributed by atoms with Crippen LogP contribution in [0.15, 0.2) is 60.7 Å². The second-order valence-corrected chi connectivity index (χ2v) is 6.28. The zero-order valence-corrected chi connectivity index (χ0v) is 11.8. The molecule has 2 aromatic rings. The van der Waals surface area contributed by atoms with E-state index in [2.05, 4.69) is 71.5 Å². The highest BCUT2D eigenvalue weighted by atomic mass is 16.6. The summed E-state index contributed by atoms with van der Waals surface area (Å²) in [6.07, 6.45) is 2.36. The molecular weight excluding hydrogens is 260 g/mol. The van der Waals surface area contributed by atoms with E-state index >= 15 is 0 Å². The lowest BCUT2D eigenvalue weighted by Crippen LogP contribution is -2.37. The van der Waals surface area contributed by atoms with Gasteiger partial charge in [0.15, 0.2) is 5.60 Å². The molecule has 3 atom stereocenters. The van der Waals surface area contributed by atoms with Crippen LogP contribution in [0.5, 0.6) is 0 Å². The lowest BCUT2D eigenvalue weighted by molar-refractivity contribution is 0.268. The Bertz CT molecular complexity index is 611. The van der Waals surface area contributed by atoms with E-state index in [0.717, 1.165) is 0 Å². The van der Waals surface area contributed by atoms with Crippen molar-refractivity contribution in [2.75, 3.05) is 0 Å². The second kappa shape index (κ2) is 3.95. The van der Waals surface area contributed by atoms with Gasteiger partial charge in [-0.2, -0.15) is 0 Å². The number of benzene rings is 2. The molecule has 1 aliphatic carbocycles. The minimum absolute atomic E-state index is 0.129. The fraction of sp³-hybridized carbons (Fsp3) is 0.333. The minimum Gasteiger partial charge on any atom is -0.349 e. The standard InChI is InChI=1S/C18H18N2O/c1-3-7-13(8-4-1)17(14-9-5-2-6-10-14)18(21-17)15-11-12-16(18)20-19-15/h1-10,15-16,19-20H,11-12H2/t15-,16+,18?. The quantitative estimate of drug-likeness (QED) is 0.828. The molecule has 1 unspecified atom stereocenters. The van der Waals surface area contributed by atoms with Crippen LogP contribution in [0.3, 0.4) is 0 Å². The van der Waals surface area contributed by atoms with Crippen LogP contribution in [0.2, 0.25) is 0 Å². The Labute approximate surface area is 124 Å². The van der Waals surface area contributed by atoms with E-state index in [1.807, 2.05) is 0 Å². The van der Waals surface area contributed by atoms with Crippen LogP contribution in [0, 0.1) is 0 Å². The van der Waals surface area contributed by atoms with Crippen molar-refractivity contribution in [3.05, 3.63) is 71.8 Å². The van der Waals surface area contributed by atoms with Gasteiger partial charge in [0.1, 0.15) is 5.60 Å². The van der Waals surface area contributed by atoms with Crippen molar-refractivity contribution in [3.63, 3.8) is 0 Å². The van der Waals surface area contributed by atoms with Crippen molar-refractivity contribution in [2.45, 2.75) is 36.1 Å². The molecule has 3 aliphatic rings. The van der Waals surface area contributed by atoms with Gasteiger partial charge >= 0.3 is 0 Å². The number of nitrogens with one attached hydrogen (secondary N) is 2. The number of rotatable bonds is 2. The lowest BCUT2D eigenvalue weighted by Gasteiger charge is -2.20. The van der Waals surface area contributed by atoms with E-state index in [0.29, 0.717) is 12.1 Å². The first-order valence-electron chi connectivity index (χ1n) is 7.70. The summed E-state index contributed by atoms with van der Waals surface area (Å²) < 4.78 is 6.59. The molecular formula is C18H18N2O. The Balaban J connectivity index is 1.72. The highest BCUT2D eigenvalue weighted by Gasteiger charge is 2.81. The number of hydrogen-bond acceptors (Lipinski definition) is 3. The number of hydrogen-bond donors (Lipinski definition) is 2. The Morgan fingerprint density at radius 1 is 0.762 bits per heavy atom. The van der Waals surface area contributed by atoms with Crippen molar-refractivity contribution in [3.8, 4) is 0 Å². The molecule has 2 aliphatic heterocycles. The van der Waals surface area contributed by atoms with Gasteiger partial charge in [-0.25, -0.2) is 0 Å². The molecule has 3 nitrogen and oxygen atoms in total. The highest BCUT2D eigenvalue weighted by Crippen LogP contribution is 2.67. The first kappa shape index (κ1) is 11.9. The van der Waals surface area contributed by atoms with Gasteiger partial charge in [0.2, 0.25) is 0 Å². The average molecular weight is 278 g/mol. The average Bonchev–Trinajstić information content (AvgIpc) is 3.04. The van der Waals surface area contributed by atoms with Crippen molar-refractivity contribution < 1.29 is 4.74 Å². The van der Waals surface area contributed by atoms with Gasteiger partial charge in [0.25, 0.3) is 0 Å². The summed E-state index contributed by atoms with van der Waals surface area (Å²) in [5.41, 5.74) is 8.94. The smallest absolute Gasteiger partial charge is 0.151 e. The van der Waals surface area contributed by atoms with E-state index < -0.39 is 0 Å². The van der Waals surface area contributed by atoms with Crippen molar-refractivity contribution in [2.24, 2.45) is 0 Å². The topological polar surface area (TPSA) is 36.6 Å². The zero-order valence-electron chi connectivity index (χ0n) is 11.8. The molecule has 3 heteroatoms. The molecule has 0 radical (unpaired) electrons. The van der Waals surface area contributed by atoms with Crippen molar-refractivity contribution in [1.82, 2.24) is 10.9 Å². The van der Waals surface area contributed by atoms with Gasteiger partial charge in [-0.05, 0) is 24.0 Å². The summed E-state index contributed by atoms with van der Waals surface area (Å²) in [5, 5.41) is 0. The van der Waals surface area contributed by atoms with Crippen LogP contribution in [0.1, 0.15) is 24.0 Å². The van der Waals surface area contributed by atoms with Crippen molar-refractivity contribution >= 4 is 0 Å². The van der Waals surface area contributed by atoms with E-state index in [4.69, 9.17) is 4.74 Å². The number of ether oxygens (including phenoxy) is 1. The Hall–Kier alpha value is -1.68. The Morgan fingerprint density at radius 3 is 1.67 bits per heavy atom. The maximum Gasteiger partial charge on any atom is 0.151 e. The van der Waals surface area contributed by atoms with E-state index in [1.165, 1.54) is 24.0 Å². The molecule has 1 spiro atoms. The van der Waals surface area contributed by atoms with Crippen LogP contribution >= 0.6 is 0 Å². The van der Waals surface area contributed by atoms with Gasteiger partial charge in [-0.15, -0.1) is 0 Å². The summed E-state index contributed by atoms with van der Waals surface area (Å²) in [5.74, 6) is 0. The molecule has 1 saturated carbocycles. The molecule has 5 rings (SSSR count). The molecule has 0 amide bonds. The number of epoxide rings is 1. The molecule has 21 heavy (non-hydrogen) atoms. The lowest BCUT2D eigenvalue weighted by atomic mass is 9.77. The number of hydrazine groups is 1. The summed E-state index contributed by atoms with van der Waals surface area (Å²) in [4.78, 5) is 0. The molecule has 2 heterocycles. The van der Waals surface area contributed by atoms with E-state index in [9.17, 15) is 0 Å². The van der Waals surface area contributed by atoms with Gasteiger partial charge in [-0.1, -0.05) is 60.7 Å². The minimum atomic E-state index is -0.308. The summed E-state index contributed by atoms with van der Waals surface area (Å²) >= 11 is 0. The van der Waals surface area contributed by atoms with Crippen LogP contribution in [-0.2, 0) is 10.3 Å². The van der Waals surface area contributed by atoms with Crippen LogP contribution in [0.4, 0.5) is 0 Å². The molecule has 2 saturated heterocycles. The third kappa shape index (κ3) is 1.30. The highest BCUT2D eigenvalue weighted by molar-refractivity contribution is 5.51. The third-order valence-electron chi connectivity index (χ3n) is 5.40. The SMILES string of the molecule is c1ccc(C2(c3ccccc3)OC23[C@@H]2CC[C@H]3NN2)cc1. The summed E-state index contributed by atoms with van der Waals surface area (Å²) in [7, 11) is 0. The molecule has 0 aromatic heterocycles. The maximum absolute atomic E-state index is 6.59. The molecule has 2 aromatic carbocycles. The second-order valence-electron chi connectivity index (χ2n) is 6.28. The van der Waals surface area contributed by atoms with Crippen LogP contribution < -0.4 is 10.9 Å². The fourth-order valence-corrected chi connectivity index (χ4v) is 4.51. The Morgan fingerprint density at radius 2 is 1.24 bits per heavy atom. The van der Waals surface area contributed by atoms with Gasteiger partial charge in [-0.3, -0.25) is 10.9 Å².